The van der Waals surface area contributed by atoms with Crippen molar-refractivity contribution in [3.63, 3.8) is 0 Å². The highest BCUT2D eigenvalue weighted by Crippen LogP contribution is 2.37. The molecule has 2 rings (SSSR count). The van der Waals surface area contributed by atoms with Crippen LogP contribution in [0.15, 0.2) is 10.9 Å². The summed E-state index contributed by atoms with van der Waals surface area (Å²) in [5, 5.41) is 0. The lowest BCUT2D eigenvalue weighted by Crippen LogP contribution is -2.26. The van der Waals surface area contributed by atoms with Crippen LogP contribution in [0.4, 0.5) is 5.82 Å². The number of aromatic amines is 1. The summed E-state index contributed by atoms with van der Waals surface area (Å²) in [4.78, 5) is 21.1. The quantitative estimate of drug-likeness (QED) is 0.757. The molecule has 1 saturated carbocycles. The Hall–Kier alpha value is -1.43. The predicted molar refractivity (Wildman–Crippen MR) is 71.5 cm³/mol. The molecular formula is C11H16N4OS. The Morgan fingerprint density at radius 2 is 2.41 bits per heavy atom. The molecule has 1 aromatic rings. The molecule has 1 heterocycles. The second kappa shape index (κ2) is 4.83. The van der Waals surface area contributed by atoms with E-state index in [0.717, 1.165) is 18.7 Å². The third-order valence-electron chi connectivity index (χ3n) is 2.80. The zero-order valence-corrected chi connectivity index (χ0v) is 10.6. The molecule has 1 aromatic heterocycles. The molecule has 6 heteroatoms. The molecule has 0 aliphatic heterocycles. The summed E-state index contributed by atoms with van der Waals surface area (Å²) >= 11 is 4.83. The van der Waals surface area contributed by atoms with Gasteiger partial charge in [0, 0.05) is 32.0 Å². The number of anilines is 1. The molecule has 0 radical (unpaired) electrons. The Labute approximate surface area is 105 Å². The smallest absolute Gasteiger partial charge is 0.252 e. The third kappa shape index (κ3) is 3.26. The van der Waals surface area contributed by atoms with Crippen LogP contribution >= 0.6 is 12.2 Å². The molecule has 5 nitrogen and oxygen atoms in total. The monoisotopic (exact) mass is 252 g/mol. The van der Waals surface area contributed by atoms with E-state index in [4.69, 9.17) is 18.0 Å². The average Bonchev–Trinajstić information content (AvgIpc) is 3.08. The number of thiocarbonyl (C=S) groups is 1. The number of nitrogens with zero attached hydrogens (tertiary/aromatic N) is 2. The van der Waals surface area contributed by atoms with Gasteiger partial charge in [-0.3, -0.25) is 4.79 Å². The van der Waals surface area contributed by atoms with Crippen molar-refractivity contribution in [2.75, 3.05) is 18.5 Å². The first-order valence-electron chi connectivity index (χ1n) is 5.67. The number of nitrogens with one attached hydrogen (secondary N) is 1. The number of hydrogen-bond acceptors (Lipinski definition) is 4. The maximum atomic E-state index is 11.5. The van der Waals surface area contributed by atoms with Gasteiger partial charge in [0.1, 0.15) is 11.6 Å². The van der Waals surface area contributed by atoms with E-state index in [0.29, 0.717) is 29.7 Å². The van der Waals surface area contributed by atoms with E-state index in [1.165, 1.54) is 6.07 Å². The van der Waals surface area contributed by atoms with Gasteiger partial charge in [-0.25, -0.2) is 4.98 Å². The summed E-state index contributed by atoms with van der Waals surface area (Å²) in [6.45, 7) is 0.676. The first-order chi connectivity index (χ1) is 8.06. The first-order valence-corrected chi connectivity index (χ1v) is 6.08. The normalized spacial score (nSPS) is 14.6. The van der Waals surface area contributed by atoms with Crippen LogP contribution in [0.25, 0.3) is 0 Å². The van der Waals surface area contributed by atoms with Gasteiger partial charge in [-0.15, -0.1) is 0 Å². The average molecular weight is 252 g/mol. The van der Waals surface area contributed by atoms with E-state index in [1.807, 2.05) is 11.9 Å². The van der Waals surface area contributed by atoms with Gasteiger partial charge in [0.05, 0.1) is 4.99 Å². The molecule has 1 fully saturated rings. The van der Waals surface area contributed by atoms with E-state index < -0.39 is 0 Å². The van der Waals surface area contributed by atoms with Gasteiger partial charge in [0.15, 0.2) is 0 Å². The Bertz CT molecular complexity index is 481. The Morgan fingerprint density at radius 1 is 1.71 bits per heavy atom. The summed E-state index contributed by atoms with van der Waals surface area (Å²) in [5.41, 5.74) is 5.36. The lowest BCUT2D eigenvalue weighted by atomic mass is 10.3. The number of hydrogen-bond donors (Lipinski definition) is 2. The van der Waals surface area contributed by atoms with E-state index in [-0.39, 0.29) is 5.56 Å². The maximum absolute atomic E-state index is 11.5. The molecule has 1 aliphatic rings. The number of H-pyrrole nitrogens is 1. The van der Waals surface area contributed by atoms with Crippen LogP contribution < -0.4 is 16.2 Å². The van der Waals surface area contributed by atoms with Crippen molar-refractivity contribution in [1.82, 2.24) is 9.97 Å². The zero-order valence-electron chi connectivity index (χ0n) is 9.77. The van der Waals surface area contributed by atoms with E-state index >= 15 is 0 Å². The maximum Gasteiger partial charge on any atom is 0.252 e. The summed E-state index contributed by atoms with van der Waals surface area (Å²) in [7, 11) is 1.89. The van der Waals surface area contributed by atoms with Crippen molar-refractivity contribution in [3.8, 4) is 0 Å². The fourth-order valence-corrected chi connectivity index (χ4v) is 1.69. The molecule has 0 unspecified atom stereocenters. The van der Waals surface area contributed by atoms with Crippen molar-refractivity contribution in [1.29, 1.82) is 0 Å². The minimum absolute atomic E-state index is 0.0981. The standard InChI is InChI=1S/C11H16N4OS/c1-15(5-4-8(12)17)9-6-10(16)14-11(13-9)7-2-3-7/h6-7H,2-5H2,1H3,(H2,12,17)(H,13,14,16). The second-order valence-electron chi connectivity index (χ2n) is 4.40. The van der Waals surface area contributed by atoms with Crippen molar-refractivity contribution in [2.45, 2.75) is 25.2 Å². The fourth-order valence-electron chi connectivity index (χ4n) is 1.60. The van der Waals surface area contributed by atoms with Gasteiger partial charge >= 0.3 is 0 Å². The molecule has 0 atom stereocenters. The van der Waals surface area contributed by atoms with Gasteiger partial charge in [-0.2, -0.15) is 0 Å². The minimum atomic E-state index is -0.0981. The topological polar surface area (TPSA) is 75.0 Å². The predicted octanol–water partition coefficient (Wildman–Crippen LogP) is 0.760. The molecular weight excluding hydrogens is 236 g/mol. The molecule has 0 amide bonds. The van der Waals surface area contributed by atoms with E-state index in [2.05, 4.69) is 9.97 Å². The van der Waals surface area contributed by atoms with Crippen LogP contribution in [0.1, 0.15) is 31.0 Å². The van der Waals surface area contributed by atoms with Crippen LogP contribution in [-0.2, 0) is 0 Å². The molecule has 17 heavy (non-hydrogen) atoms. The highest BCUT2D eigenvalue weighted by Gasteiger charge is 2.26. The van der Waals surface area contributed by atoms with Gasteiger partial charge in [-0.1, -0.05) is 12.2 Å². The first kappa shape index (κ1) is 12.0. The van der Waals surface area contributed by atoms with E-state index in [9.17, 15) is 4.79 Å². The van der Waals surface area contributed by atoms with Crippen LogP contribution in [0.3, 0.4) is 0 Å². The summed E-state index contributed by atoms with van der Waals surface area (Å²) in [5.74, 6) is 1.92. The Balaban J connectivity index is 2.13. The fraction of sp³-hybridized carbons (Fsp3) is 0.545. The molecule has 0 spiro atoms. The van der Waals surface area contributed by atoms with Gasteiger partial charge in [-0.05, 0) is 12.8 Å². The summed E-state index contributed by atoms with van der Waals surface area (Å²) in [6, 6.07) is 1.51. The lowest BCUT2D eigenvalue weighted by molar-refractivity contribution is 0.847. The SMILES string of the molecule is CN(CCC(N)=S)c1cc(=O)[nH]c(C2CC2)n1. The summed E-state index contributed by atoms with van der Waals surface area (Å²) < 4.78 is 0. The van der Waals surface area contributed by atoms with Crippen molar-refractivity contribution >= 4 is 23.0 Å². The van der Waals surface area contributed by atoms with Crippen LogP contribution in [0, 0.1) is 0 Å². The molecule has 0 bridgehead atoms. The number of nitrogens with two attached hydrogens (primary N) is 1. The van der Waals surface area contributed by atoms with Crippen molar-refractivity contribution in [2.24, 2.45) is 5.73 Å². The highest BCUT2D eigenvalue weighted by atomic mass is 32.1. The largest absolute Gasteiger partial charge is 0.393 e. The van der Waals surface area contributed by atoms with Crippen LogP contribution in [0.2, 0.25) is 0 Å². The van der Waals surface area contributed by atoms with Gasteiger partial charge in [0.2, 0.25) is 0 Å². The van der Waals surface area contributed by atoms with Crippen LogP contribution in [0.5, 0.6) is 0 Å². The lowest BCUT2D eigenvalue weighted by Gasteiger charge is -2.17. The minimum Gasteiger partial charge on any atom is -0.393 e. The number of rotatable bonds is 5. The second-order valence-corrected chi connectivity index (χ2v) is 4.93. The molecule has 3 N–H and O–H groups in total. The highest BCUT2D eigenvalue weighted by molar-refractivity contribution is 7.80. The van der Waals surface area contributed by atoms with E-state index in [1.54, 1.807) is 0 Å². The molecule has 1 aliphatic carbocycles. The Morgan fingerprint density at radius 3 is 3.00 bits per heavy atom. The van der Waals surface area contributed by atoms with Gasteiger partial charge < -0.3 is 15.6 Å². The van der Waals surface area contributed by atoms with Gasteiger partial charge in [0.25, 0.3) is 5.56 Å². The summed E-state index contributed by atoms with van der Waals surface area (Å²) in [6.07, 6.45) is 2.85. The van der Waals surface area contributed by atoms with Crippen molar-refractivity contribution < 1.29 is 0 Å². The van der Waals surface area contributed by atoms with Crippen molar-refractivity contribution in [3.05, 3.63) is 22.2 Å². The zero-order chi connectivity index (χ0) is 12.4. The molecule has 0 saturated heterocycles. The molecule has 92 valence electrons. The number of aromatic nitrogens is 2. The Kier molecular flexibility index (Phi) is 3.42. The van der Waals surface area contributed by atoms with Crippen LogP contribution in [-0.4, -0.2) is 28.5 Å². The third-order valence-corrected chi connectivity index (χ3v) is 3.00. The molecule has 0 aromatic carbocycles.